The van der Waals surface area contributed by atoms with E-state index < -0.39 is 0 Å². The van der Waals surface area contributed by atoms with Crippen molar-refractivity contribution in [2.24, 2.45) is 0 Å². The molecule has 0 aliphatic heterocycles. The smallest absolute Gasteiger partial charge is 0.261 e. The Morgan fingerprint density at radius 2 is 1.75 bits per heavy atom. The number of rotatable bonds is 6. The molecule has 1 saturated carbocycles. The number of hydrogen-bond donors (Lipinski definition) is 1. The molecule has 0 saturated heterocycles. The van der Waals surface area contributed by atoms with Gasteiger partial charge in [-0.15, -0.1) is 0 Å². The third-order valence-corrected chi connectivity index (χ3v) is 6.00. The van der Waals surface area contributed by atoms with Crippen LogP contribution >= 0.6 is 0 Å². The molecule has 4 rings (SSSR count). The number of nitrogens with zero attached hydrogens (tertiary/aromatic N) is 2. The molecule has 2 N–H and O–H groups in total. The summed E-state index contributed by atoms with van der Waals surface area (Å²) in [6, 6.07) is 18.8. The molecule has 2 aromatic carbocycles. The van der Waals surface area contributed by atoms with Gasteiger partial charge in [0.25, 0.3) is 5.56 Å². The highest BCUT2D eigenvalue weighted by Crippen LogP contribution is 2.19. The van der Waals surface area contributed by atoms with Crippen LogP contribution in [0.3, 0.4) is 0 Å². The monoisotopic (exact) mass is 376 g/mol. The van der Waals surface area contributed by atoms with Crippen LogP contribution in [0, 0.1) is 0 Å². The lowest BCUT2D eigenvalue weighted by molar-refractivity contribution is -0.731. The number of nitrogens with two attached hydrogens (primary N) is 1. The van der Waals surface area contributed by atoms with Gasteiger partial charge in [-0.05, 0) is 43.4 Å². The second-order valence-corrected chi connectivity index (χ2v) is 7.97. The fourth-order valence-corrected chi connectivity index (χ4v) is 4.45. The van der Waals surface area contributed by atoms with Crippen molar-refractivity contribution in [3.8, 4) is 0 Å². The van der Waals surface area contributed by atoms with Gasteiger partial charge in [0, 0.05) is 6.42 Å². The molecule has 4 nitrogen and oxygen atoms in total. The van der Waals surface area contributed by atoms with E-state index in [-0.39, 0.29) is 11.6 Å². The highest BCUT2D eigenvalue weighted by Gasteiger charge is 2.26. The molecule has 1 atom stereocenters. The molecule has 3 aromatic rings. The molecule has 0 radical (unpaired) electrons. The zero-order chi connectivity index (χ0) is 19.3. The van der Waals surface area contributed by atoms with Gasteiger partial charge >= 0.3 is 0 Å². The van der Waals surface area contributed by atoms with Crippen LogP contribution < -0.4 is 10.9 Å². The number of para-hydroxylation sites is 1. The Bertz CT molecular complexity index is 974. The second-order valence-electron chi connectivity index (χ2n) is 7.97. The first kappa shape index (κ1) is 18.9. The molecule has 146 valence electrons. The molecule has 1 aliphatic carbocycles. The third kappa shape index (κ3) is 4.02. The predicted octanol–water partition coefficient (Wildman–Crippen LogP) is 3.79. The molecule has 1 aliphatic rings. The number of quaternary nitrogens is 1. The van der Waals surface area contributed by atoms with E-state index in [1.54, 1.807) is 0 Å². The Hall–Kier alpha value is -2.46. The van der Waals surface area contributed by atoms with E-state index in [9.17, 15) is 4.79 Å². The Kier molecular flexibility index (Phi) is 5.87. The standard InChI is InChI=1S/C24H29N3O/c1-2-21(25-19-13-7-4-8-14-19)23-26-22-16-10-9-15-20(22)24(28)27(23)17-18-11-5-3-6-12-18/h3,5-6,9-12,15-16,19,21,25H,2,4,7-8,13-14,17H2,1H3/p+1/t21-/m1/s1. The maximum absolute atomic E-state index is 13.4. The van der Waals surface area contributed by atoms with Gasteiger partial charge in [0.2, 0.25) is 0 Å². The molecule has 1 aromatic heterocycles. The van der Waals surface area contributed by atoms with Gasteiger partial charge in [0.15, 0.2) is 5.82 Å². The van der Waals surface area contributed by atoms with E-state index in [1.165, 1.54) is 32.1 Å². The van der Waals surface area contributed by atoms with Crippen LogP contribution in [-0.2, 0) is 6.54 Å². The van der Waals surface area contributed by atoms with Crippen LogP contribution in [0.1, 0.15) is 62.9 Å². The summed E-state index contributed by atoms with van der Waals surface area (Å²) in [7, 11) is 0. The van der Waals surface area contributed by atoms with Gasteiger partial charge in [-0.25, -0.2) is 4.98 Å². The first-order valence-electron chi connectivity index (χ1n) is 10.6. The first-order chi connectivity index (χ1) is 13.8. The van der Waals surface area contributed by atoms with Crippen LogP contribution in [0.25, 0.3) is 10.9 Å². The van der Waals surface area contributed by atoms with E-state index in [4.69, 9.17) is 4.98 Å². The van der Waals surface area contributed by atoms with Crippen molar-refractivity contribution in [1.29, 1.82) is 0 Å². The quantitative estimate of drug-likeness (QED) is 0.712. The first-order valence-corrected chi connectivity index (χ1v) is 10.6. The molecule has 0 unspecified atom stereocenters. The fraction of sp³-hybridized carbons (Fsp3) is 0.417. The van der Waals surface area contributed by atoms with Gasteiger partial charge in [0.1, 0.15) is 6.04 Å². The maximum atomic E-state index is 13.4. The van der Waals surface area contributed by atoms with Gasteiger partial charge in [-0.3, -0.25) is 9.36 Å². The average molecular weight is 377 g/mol. The van der Waals surface area contributed by atoms with E-state index in [0.29, 0.717) is 18.0 Å². The van der Waals surface area contributed by atoms with Crippen LogP contribution in [0.4, 0.5) is 0 Å². The molecule has 0 spiro atoms. The molecular weight excluding hydrogens is 346 g/mol. The number of hydrogen-bond acceptors (Lipinski definition) is 2. The zero-order valence-electron chi connectivity index (χ0n) is 16.7. The molecule has 0 amide bonds. The van der Waals surface area contributed by atoms with E-state index >= 15 is 0 Å². The topological polar surface area (TPSA) is 51.5 Å². The van der Waals surface area contributed by atoms with Crippen molar-refractivity contribution in [3.63, 3.8) is 0 Å². The molecular formula is C24H30N3O+. The molecule has 4 heteroatoms. The highest BCUT2D eigenvalue weighted by molar-refractivity contribution is 5.77. The van der Waals surface area contributed by atoms with Crippen LogP contribution in [0.15, 0.2) is 59.4 Å². The van der Waals surface area contributed by atoms with Gasteiger partial charge in [-0.1, -0.05) is 55.8 Å². The third-order valence-electron chi connectivity index (χ3n) is 6.00. The molecule has 28 heavy (non-hydrogen) atoms. The second kappa shape index (κ2) is 8.70. The Morgan fingerprint density at radius 1 is 1.04 bits per heavy atom. The summed E-state index contributed by atoms with van der Waals surface area (Å²) in [5.41, 5.74) is 2.01. The Morgan fingerprint density at radius 3 is 2.50 bits per heavy atom. The summed E-state index contributed by atoms with van der Waals surface area (Å²) in [6.45, 7) is 2.78. The summed E-state index contributed by atoms with van der Waals surface area (Å²) in [5.74, 6) is 0.917. The van der Waals surface area contributed by atoms with Crippen molar-refractivity contribution in [2.75, 3.05) is 0 Å². The summed E-state index contributed by atoms with van der Waals surface area (Å²) in [4.78, 5) is 18.4. The van der Waals surface area contributed by atoms with Gasteiger partial charge < -0.3 is 5.32 Å². The van der Waals surface area contributed by atoms with Crippen molar-refractivity contribution >= 4 is 10.9 Å². The van der Waals surface area contributed by atoms with E-state index in [1.807, 2.05) is 47.0 Å². The number of aromatic nitrogens is 2. The van der Waals surface area contributed by atoms with Crippen molar-refractivity contribution in [3.05, 3.63) is 76.3 Å². The van der Waals surface area contributed by atoms with Crippen molar-refractivity contribution in [1.82, 2.24) is 9.55 Å². The fourth-order valence-electron chi connectivity index (χ4n) is 4.45. The lowest BCUT2D eigenvalue weighted by Crippen LogP contribution is -2.91. The molecule has 1 fully saturated rings. The van der Waals surface area contributed by atoms with Crippen LogP contribution in [0.5, 0.6) is 0 Å². The van der Waals surface area contributed by atoms with Crippen molar-refractivity contribution in [2.45, 2.75) is 64.1 Å². The predicted molar refractivity (Wildman–Crippen MR) is 113 cm³/mol. The normalized spacial score (nSPS) is 16.3. The number of benzene rings is 2. The van der Waals surface area contributed by atoms with E-state index in [0.717, 1.165) is 23.3 Å². The summed E-state index contributed by atoms with van der Waals surface area (Å²) in [5, 5.41) is 3.19. The van der Waals surface area contributed by atoms with Gasteiger partial charge in [-0.2, -0.15) is 0 Å². The minimum absolute atomic E-state index is 0.0694. The van der Waals surface area contributed by atoms with Gasteiger partial charge in [0.05, 0.1) is 23.5 Å². The van der Waals surface area contributed by atoms with Crippen LogP contribution in [0.2, 0.25) is 0 Å². The maximum Gasteiger partial charge on any atom is 0.261 e. The van der Waals surface area contributed by atoms with Crippen LogP contribution in [-0.4, -0.2) is 15.6 Å². The van der Waals surface area contributed by atoms with E-state index in [2.05, 4.69) is 24.4 Å². The Balaban J connectivity index is 1.77. The average Bonchev–Trinajstić information content (AvgIpc) is 2.75. The minimum Gasteiger partial charge on any atom is -0.335 e. The lowest BCUT2D eigenvalue weighted by atomic mass is 9.94. The molecule has 1 heterocycles. The lowest BCUT2D eigenvalue weighted by Gasteiger charge is -2.26. The summed E-state index contributed by atoms with van der Waals surface area (Å²) < 4.78 is 1.91. The summed E-state index contributed by atoms with van der Waals surface area (Å²) >= 11 is 0. The Labute approximate surface area is 166 Å². The molecule has 0 bridgehead atoms. The van der Waals surface area contributed by atoms with Crippen molar-refractivity contribution < 1.29 is 5.32 Å². The summed E-state index contributed by atoms with van der Waals surface area (Å²) in [6.07, 6.45) is 7.50. The minimum atomic E-state index is 0.0694. The largest absolute Gasteiger partial charge is 0.335 e. The highest BCUT2D eigenvalue weighted by atomic mass is 16.1. The SMILES string of the molecule is CC[C@@H]([NH2+]C1CCCCC1)c1nc2ccccc2c(=O)n1Cc1ccccc1. The number of fused-ring (bicyclic) bond motifs is 1. The zero-order valence-corrected chi connectivity index (χ0v) is 16.7.